The molecule has 0 radical (unpaired) electrons. The minimum absolute atomic E-state index is 0.474. The molecular weight excluding hydrogens is 254 g/mol. The molecule has 0 bridgehead atoms. The average Bonchev–Trinajstić information content (AvgIpc) is 2.80. The Morgan fingerprint density at radius 3 is 2.80 bits per heavy atom. The molecule has 2 aromatic rings. The topological polar surface area (TPSA) is 43.6 Å². The van der Waals surface area contributed by atoms with Gasteiger partial charge in [-0.25, -0.2) is 0 Å². The molecule has 0 fully saturated rings. The summed E-state index contributed by atoms with van der Waals surface area (Å²) in [5, 5.41) is 3.08. The Morgan fingerprint density at radius 2 is 2.05 bits per heavy atom. The zero-order chi connectivity index (χ0) is 14.4. The van der Waals surface area contributed by atoms with Crippen LogP contribution in [0.1, 0.15) is 22.6 Å². The van der Waals surface area contributed by atoms with Crippen molar-refractivity contribution in [3.63, 3.8) is 0 Å². The normalized spacial score (nSPS) is 10.8. The van der Waals surface area contributed by atoms with Crippen molar-refractivity contribution >= 4 is 0 Å². The summed E-state index contributed by atoms with van der Waals surface area (Å²) < 4.78 is 16.6. The lowest BCUT2D eigenvalue weighted by molar-refractivity contribution is 0.0919. The Morgan fingerprint density at radius 1 is 1.20 bits per heavy atom. The smallest absolute Gasteiger partial charge is 0.130 e. The number of methoxy groups -OCH3 is 1. The molecule has 1 aromatic heterocycles. The highest BCUT2D eigenvalue weighted by atomic mass is 16.5. The fourth-order valence-corrected chi connectivity index (χ4v) is 2.03. The molecule has 20 heavy (non-hydrogen) atoms. The minimum atomic E-state index is 0.474. The number of aryl methyl sites for hydroxylation is 1. The van der Waals surface area contributed by atoms with Crippen molar-refractivity contribution in [1.82, 2.24) is 5.32 Å². The maximum Gasteiger partial charge on any atom is 0.130 e. The van der Waals surface area contributed by atoms with Crippen molar-refractivity contribution in [3.8, 4) is 5.75 Å². The summed E-state index contributed by atoms with van der Waals surface area (Å²) in [4.78, 5) is 0. The summed E-state index contributed by atoms with van der Waals surface area (Å²) >= 11 is 0. The van der Waals surface area contributed by atoms with E-state index >= 15 is 0 Å². The van der Waals surface area contributed by atoms with E-state index in [0.29, 0.717) is 13.2 Å². The predicted octanol–water partition coefficient (Wildman–Crippen LogP) is 3.03. The molecule has 0 amide bonds. The summed E-state index contributed by atoms with van der Waals surface area (Å²) in [5.74, 6) is 2.67. The Kier molecular flexibility index (Phi) is 5.21. The molecule has 1 N–H and O–H groups in total. The maximum atomic E-state index is 5.73. The number of nitrogens with one attached hydrogen (secondary N) is 1. The highest BCUT2D eigenvalue weighted by Gasteiger charge is 2.07. The lowest BCUT2D eigenvalue weighted by atomic mass is 10.2. The van der Waals surface area contributed by atoms with Crippen LogP contribution >= 0.6 is 0 Å². The van der Waals surface area contributed by atoms with Crippen LogP contribution in [0.4, 0.5) is 0 Å². The number of hydrogen-bond acceptors (Lipinski definition) is 4. The molecule has 0 aliphatic heterocycles. The highest BCUT2D eigenvalue weighted by Crippen LogP contribution is 2.17. The van der Waals surface area contributed by atoms with Gasteiger partial charge in [-0.05, 0) is 43.3 Å². The summed E-state index contributed by atoms with van der Waals surface area (Å²) in [6.45, 7) is 3.80. The summed E-state index contributed by atoms with van der Waals surface area (Å²) in [5.41, 5.74) is 2.24. The number of rotatable bonds is 7. The second-order valence-electron chi connectivity index (χ2n) is 4.69. The van der Waals surface area contributed by atoms with Crippen LogP contribution in [0.25, 0.3) is 0 Å². The van der Waals surface area contributed by atoms with Gasteiger partial charge in [0.2, 0.25) is 0 Å². The lowest BCUT2D eigenvalue weighted by Gasteiger charge is -2.05. The van der Waals surface area contributed by atoms with E-state index in [2.05, 4.69) is 5.32 Å². The van der Waals surface area contributed by atoms with Crippen LogP contribution in [0.3, 0.4) is 0 Å². The molecule has 0 spiro atoms. The first-order valence-corrected chi connectivity index (χ1v) is 6.66. The van der Waals surface area contributed by atoms with E-state index in [1.807, 2.05) is 44.3 Å². The van der Waals surface area contributed by atoms with Gasteiger partial charge in [-0.3, -0.25) is 0 Å². The van der Waals surface area contributed by atoms with Crippen LogP contribution in [0.5, 0.6) is 5.75 Å². The molecule has 0 unspecified atom stereocenters. The summed E-state index contributed by atoms with van der Waals surface area (Å²) in [6.07, 6.45) is 0. The molecule has 0 saturated carbocycles. The Labute approximate surface area is 119 Å². The van der Waals surface area contributed by atoms with Crippen LogP contribution in [0.2, 0.25) is 0 Å². The molecule has 0 atom stereocenters. The van der Waals surface area contributed by atoms with Crippen molar-refractivity contribution in [1.29, 1.82) is 0 Å². The zero-order valence-electron chi connectivity index (χ0n) is 12.2. The van der Waals surface area contributed by atoms with Gasteiger partial charge < -0.3 is 19.2 Å². The standard InChI is InChI=1S/C16H21NO3/c1-12-7-15(20-16(12)9-17-2)11-19-10-13-5-4-6-14(8-13)18-3/h4-8,17H,9-11H2,1-3H3. The molecule has 0 aliphatic rings. The average molecular weight is 275 g/mol. The van der Waals surface area contributed by atoms with Gasteiger partial charge in [-0.2, -0.15) is 0 Å². The van der Waals surface area contributed by atoms with Crippen LogP contribution in [-0.2, 0) is 24.5 Å². The minimum Gasteiger partial charge on any atom is -0.497 e. The molecule has 4 heteroatoms. The van der Waals surface area contributed by atoms with Crippen LogP contribution in [0.15, 0.2) is 34.7 Å². The Hall–Kier alpha value is -1.78. The third kappa shape index (κ3) is 3.85. The van der Waals surface area contributed by atoms with Gasteiger partial charge in [0, 0.05) is 0 Å². The van der Waals surface area contributed by atoms with Crippen LogP contribution < -0.4 is 10.1 Å². The lowest BCUT2D eigenvalue weighted by Crippen LogP contribution is -2.04. The molecule has 0 saturated heterocycles. The first kappa shape index (κ1) is 14.6. The van der Waals surface area contributed by atoms with E-state index in [-0.39, 0.29) is 0 Å². The number of hydrogen-bond donors (Lipinski definition) is 1. The van der Waals surface area contributed by atoms with Crippen molar-refractivity contribution in [2.45, 2.75) is 26.7 Å². The van der Waals surface area contributed by atoms with Gasteiger partial charge in [-0.15, -0.1) is 0 Å². The summed E-state index contributed by atoms with van der Waals surface area (Å²) in [6, 6.07) is 9.89. The molecule has 2 rings (SSSR count). The van der Waals surface area contributed by atoms with E-state index < -0.39 is 0 Å². The third-order valence-corrected chi connectivity index (χ3v) is 3.06. The predicted molar refractivity (Wildman–Crippen MR) is 77.7 cm³/mol. The first-order chi connectivity index (χ1) is 9.72. The van der Waals surface area contributed by atoms with Gasteiger partial charge >= 0.3 is 0 Å². The van der Waals surface area contributed by atoms with Crippen molar-refractivity contribution in [2.24, 2.45) is 0 Å². The van der Waals surface area contributed by atoms with E-state index in [9.17, 15) is 0 Å². The fraction of sp³-hybridized carbons (Fsp3) is 0.375. The van der Waals surface area contributed by atoms with Crippen LogP contribution in [0, 0.1) is 6.92 Å². The maximum absolute atomic E-state index is 5.73. The number of furan rings is 1. The highest BCUT2D eigenvalue weighted by molar-refractivity contribution is 5.28. The molecule has 108 valence electrons. The van der Waals surface area contributed by atoms with E-state index in [1.54, 1.807) is 7.11 Å². The molecule has 1 aromatic carbocycles. The first-order valence-electron chi connectivity index (χ1n) is 6.66. The van der Waals surface area contributed by atoms with Gasteiger partial charge in [0.1, 0.15) is 23.9 Å². The quantitative estimate of drug-likeness (QED) is 0.843. The second-order valence-corrected chi connectivity index (χ2v) is 4.69. The number of benzene rings is 1. The van der Waals surface area contributed by atoms with Crippen LogP contribution in [-0.4, -0.2) is 14.2 Å². The van der Waals surface area contributed by atoms with Gasteiger partial charge in [0.15, 0.2) is 0 Å². The fourth-order valence-electron chi connectivity index (χ4n) is 2.03. The largest absolute Gasteiger partial charge is 0.497 e. The van der Waals surface area contributed by atoms with E-state index in [1.165, 1.54) is 0 Å². The second kappa shape index (κ2) is 7.12. The van der Waals surface area contributed by atoms with Gasteiger partial charge in [-0.1, -0.05) is 12.1 Å². The number of ether oxygens (including phenoxy) is 2. The Balaban J connectivity index is 1.87. The summed E-state index contributed by atoms with van der Waals surface area (Å²) in [7, 11) is 3.57. The van der Waals surface area contributed by atoms with E-state index in [0.717, 1.165) is 34.9 Å². The molecule has 1 heterocycles. The third-order valence-electron chi connectivity index (χ3n) is 3.06. The van der Waals surface area contributed by atoms with Crippen molar-refractivity contribution in [2.75, 3.05) is 14.2 Å². The van der Waals surface area contributed by atoms with E-state index in [4.69, 9.17) is 13.9 Å². The molecule has 4 nitrogen and oxygen atoms in total. The van der Waals surface area contributed by atoms with Crippen molar-refractivity contribution in [3.05, 3.63) is 53.0 Å². The molecule has 0 aliphatic carbocycles. The van der Waals surface area contributed by atoms with Gasteiger partial charge in [0.25, 0.3) is 0 Å². The van der Waals surface area contributed by atoms with Gasteiger partial charge in [0.05, 0.1) is 20.3 Å². The molecular formula is C16H21NO3. The Bertz CT molecular complexity index is 548. The zero-order valence-corrected chi connectivity index (χ0v) is 12.2. The monoisotopic (exact) mass is 275 g/mol. The van der Waals surface area contributed by atoms with Crippen molar-refractivity contribution < 1.29 is 13.9 Å². The SMILES string of the molecule is CNCc1oc(COCc2cccc(OC)c2)cc1C.